The first-order chi connectivity index (χ1) is 11.8. The first-order valence-corrected chi connectivity index (χ1v) is 9.01. The molecule has 0 saturated carbocycles. The minimum absolute atomic E-state index is 0. The first kappa shape index (κ1) is 21.7. The number of halogens is 1. The van der Waals surface area contributed by atoms with Gasteiger partial charge in [-0.25, -0.2) is 0 Å². The molecule has 0 radical (unpaired) electrons. The molecule has 25 heavy (non-hydrogen) atoms. The van der Waals surface area contributed by atoms with Gasteiger partial charge in [0.25, 0.3) is 0 Å². The highest BCUT2D eigenvalue weighted by Gasteiger charge is 1.99. The van der Waals surface area contributed by atoms with E-state index in [1.807, 2.05) is 6.07 Å². The molecule has 0 atom stereocenters. The van der Waals surface area contributed by atoms with E-state index in [2.05, 4.69) is 41.0 Å². The van der Waals surface area contributed by atoms with E-state index in [0.29, 0.717) is 0 Å². The number of nitrogens with one attached hydrogen (secondary N) is 2. The number of fused-ring (bicyclic) bond motifs is 1. The highest BCUT2D eigenvalue weighted by molar-refractivity contribution is 5.85. The fourth-order valence-corrected chi connectivity index (χ4v) is 2.76. The summed E-state index contributed by atoms with van der Waals surface area (Å²) >= 11 is 0. The highest BCUT2D eigenvalue weighted by atomic mass is 35.5. The number of hydrogen-bond donors (Lipinski definition) is 3. The van der Waals surface area contributed by atoms with Gasteiger partial charge in [0.05, 0.1) is 7.11 Å². The molecule has 0 fully saturated rings. The predicted molar refractivity (Wildman–Crippen MR) is 110 cm³/mol. The van der Waals surface area contributed by atoms with Crippen molar-refractivity contribution in [3.8, 4) is 5.75 Å². The number of nitrogens with two attached hydrogens (primary N) is 1. The van der Waals surface area contributed by atoms with Crippen molar-refractivity contribution in [3.63, 3.8) is 0 Å². The lowest BCUT2D eigenvalue weighted by Crippen LogP contribution is -2.20. The molecule has 0 bridgehead atoms. The second-order valence-electron chi connectivity index (χ2n) is 6.18. The van der Waals surface area contributed by atoms with Gasteiger partial charge in [0.1, 0.15) is 5.75 Å². The number of methoxy groups -OCH3 is 1. The van der Waals surface area contributed by atoms with Gasteiger partial charge in [-0.05, 0) is 86.4 Å². The third-order valence-electron chi connectivity index (χ3n) is 4.21. The number of unbranched alkanes of at least 4 members (excludes halogenated alkanes) is 2. The van der Waals surface area contributed by atoms with E-state index in [9.17, 15) is 0 Å². The van der Waals surface area contributed by atoms with E-state index in [1.165, 1.54) is 35.6 Å². The Morgan fingerprint density at radius 3 is 2.20 bits per heavy atom. The van der Waals surface area contributed by atoms with Gasteiger partial charge in [0.2, 0.25) is 0 Å². The van der Waals surface area contributed by atoms with Gasteiger partial charge in [-0.2, -0.15) is 0 Å². The summed E-state index contributed by atoms with van der Waals surface area (Å²) in [5.41, 5.74) is 6.80. The molecule has 0 aliphatic rings. The summed E-state index contributed by atoms with van der Waals surface area (Å²) in [5, 5.41) is 9.48. The molecule has 140 valence electrons. The molecule has 4 N–H and O–H groups in total. The van der Waals surface area contributed by atoms with Gasteiger partial charge in [-0.1, -0.05) is 18.2 Å². The largest absolute Gasteiger partial charge is 0.497 e. The Hall–Kier alpha value is -1.33. The van der Waals surface area contributed by atoms with Crippen molar-refractivity contribution in [1.82, 2.24) is 10.6 Å². The zero-order valence-corrected chi connectivity index (χ0v) is 16.0. The second-order valence-corrected chi connectivity index (χ2v) is 6.18. The Morgan fingerprint density at radius 1 is 0.840 bits per heavy atom. The molecule has 0 heterocycles. The Kier molecular flexibility index (Phi) is 11.2. The van der Waals surface area contributed by atoms with E-state index < -0.39 is 0 Å². The molecule has 2 rings (SSSR count). The predicted octanol–water partition coefficient (Wildman–Crippen LogP) is 3.47. The van der Waals surface area contributed by atoms with Gasteiger partial charge >= 0.3 is 0 Å². The number of hydrogen-bond acceptors (Lipinski definition) is 4. The number of rotatable bonds is 12. The van der Waals surface area contributed by atoms with Crippen molar-refractivity contribution in [1.29, 1.82) is 0 Å². The van der Waals surface area contributed by atoms with Crippen LogP contribution in [0.15, 0.2) is 36.4 Å². The topological polar surface area (TPSA) is 59.3 Å². The molecule has 0 aliphatic heterocycles. The highest BCUT2D eigenvalue weighted by Crippen LogP contribution is 2.21. The van der Waals surface area contributed by atoms with Crippen molar-refractivity contribution in [2.75, 3.05) is 33.3 Å². The molecule has 0 unspecified atom stereocenters. The minimum atomic E-state index is 0. The average Bonchev–Trinajstić information content (AvgIpc) is 2.62. The lowest BCUT2D eigenvalue weighted by Gasteiger charge is -2.08. The summed E-state index contributed by atoms with van der Waals surface area (Å²) in [4.78, 5) is 0. The Balaban J connectivity index is 0.00000312. The lowest BCUT2D eigenvalue weighted by atomic mass is 10.1. The first-order valence-electron chi connectivity index (χ1n) is 9.01. The maximum atomic E-state index is 5.47. The SMILES string of the molecule is COc1ccc2cc(CNCCCCNCCCCN)ccc2c1.Cl. The van der Waals surface area contributed by atoms with Crippen LogP contribution in [-0.4, -0.2) is 33.3 Å². The van der Waals surface area contributed by atoms with Crippen LogP contribution in [0.2, 0.25) is 0 Å². The standard InChI is InChI=1S/C20H31N3O.ClH/c1-24-20-9-8-18-14-17(6-7-19(18)15-20)16-23-13-5-4-12-22-11-3-2-10-21;/h6-9,14-15,22-23H,2-5,10-13,16,21H2,1H3;1H. The van der Waals surface area contributed by atoms with Crippen LogP contribution in [-0.2, 0) is 6.54 Å². The van der Waals surface area contributed by atoms with Gasteiger partial charge < -0.3 is 21.1 Å². The maximum absolute atomic E-state index is 5.47. The molecule has 2 aromatic rings. The molecule has 0 aromatic heterocycles. The normalized spacial score (nSPS) is 10.6. The van der Waals surface area contributed by atoms with Crippen LogP contribution in [0.4, 0.5) is 0 Å². The van der Waals surface area contributed by atoms with E-state index in [0.717, 1.165) is 44.9 Å². The Morgan fingerprint density at radius 2 is 1.48 bits per heavy atom. The molecule has 5 heteroatoms. The number of ether oxygens (including phenoxy) is 1. The lowest BCUT2D eigenvalue weighted by molar-refractivity contribution is 0.415. The summed E-state index contributed by atoms with van der Waals surface area (Å²) in [6, 6.07) is 12.8. The van der Waals surface area contributed by atoms with E-state index >= 15 is 0 Å². The van der Waals surface area contributed by atoms with Gasteiger partial charge in [0.15, 0.2) is 0 Å². The van der Waals surface area contributed by atoms with E-state index in [4.69, 9.17) is 10.5 Å². The maximum Gasteiger partial charge on any atom is 0.119 e. The minimum Gasteiger partial charge on any atom is -0.497 e. The van der Waals surface area contributed by atoms with Crippen molar-refractivity contribution in [3.05, 3.63) is 42.0 Å². The average molecular weight is 366 g/mol. The fraction of sp³-hybridized carbons (Fsp3) is 0.500. The summed E-state index contributed by atoms with van der Waals surface area (Å²) in [6.45, 7) is 4.97. The van der Waals surface area contributed by atoms with Crippen LogP contribution in [0, 0.1) is 0 Å². The molecule has 0 amide bonds. The quantitative estimate of drug-likeness (QED) is 0.504. The van der Waals surface area contributed by atoms with E-state index in [-0.39, 0.29) is 12.4 Å². The summed E-state index contributed by atoms with van der Waals surface area (Å²) in [6.07, 6.45) is 4.72. The van der Waals surface area contributed by atoms with Gasteiger partial charge in [-0.3, -0.25) is 0 Å². The molecule has 0 spiro atoms. The molecular weight excluding hydrogens is 334 g/mol. The zero-order valence-electron chi connectivity index (χ0n) is 15.2. The molecule has 4 nitrogen and oxygen atoms in total. The second kappa shape index (κ2) is 13.0. The Bertz CT molecular complexity index is 607. The molecule has 0 aliphatic carbocycles. The van der Waals surface area contributed by atoms with Crippen molar-refractivity contribution in [2.24, 2.45) is 5.73 Å². The molecular formula is C20H32ClN3O. The van der Waals surface area contributed by atoms with Crippen molar-refractivity contribution >= 4 is 23.2 Å². The third-order valence-corrected chi connectivity index (χ3v) is 4.21. The Labute approximate surface area is 157 Å². The van der Waals surface area contributed by atoms with Crippen molar-refractivity contribution < 1.29 is 4.74 Å². The van der Waals surface area contributed by atoms with Gasteiger partial charge in [-0.15, -0.1) is 12.4 Å². The van der Waals surface area contributed by atoms with Crippen molar-refractivity contribution in [2.45, 2.75) is 32.2 Å². The molecule has 0 saturated heterocycles. The monoisotopic (exact) mass is 365 g/mol. The summed E-state index contributed by atoms with van der Waals surface area (Å²) < 4.78 is 5.27. The van der Waals surface area contributed by atoms with Crippen LogP contribution in [0.1, 0.15) is 31.2 Å². The van der Waals surface area contributed by atoms with E-state index in [1.54, 1.807) is 7.11 Å². The molecule has 2 aromatic carbocycles. The van der Waals surface area contributed by atoms with Gasteiger partial charge in [0, 0.05) is 6.54 Å². The van der Waals surface area contributed by atoms with Crippen LogP contribution in [0.25, 0.3) is 10.8 Å². The van der Waals surface area contributed by atoms with Crippen LogP contribution >= 0.6 is 12.4 Å². The zero-order chi connectivity index (χ0) is 17.0. The number of benzene rings is 2. The van der Waals surface area contributed by atoms with Crippen LogP contribution < -0.4 is 21.1 Å². The van der Waals surface area contributed by atoms with Crippen LogP contribution in [0.5, 0.6) is 5.75 Å². The van der Waals surface area contributed by atoms with Crippen LogP contribution in [0.3, 0.4) is 0 Å². The smallest absolute Gasteiger partial charge is 0.119 e. The summed E-state index contributed by atoms with van der Waals surface area (Å²) in [7, 11) is 1.70. The third kappa shape index (κ3) is 8.06. The fourth-order valence-electron chi connectivity index (χ4n) is 2.76. The summed E-state index contributed by atoms with van der Waals surface area (Å²) in [5.74, 6) is 0.907.